The molecule has 0 unspecified atom stereocenters. The van der Waals surface area contributed by atoms with Crippen LogP contribution in [-0.4, -0.2) is 25.4 Å². The van der Waals surface area contributed by atoms with E-state index in [-0.39, 0.29) is 23.6 Å². The fraction of sp³-hybridized carbons (Fsp3) is 0.250. The summed E-state index contributed by atoms with van der Waals surface area (Å²) in [6, 6.07) is 13.6. The molecule has 0 saturated heterocycles. The normalized spacial score (nSPS) is 16.2. The number of furan rings is 1. The summed E-state index contributed by atoms with van der Waals surface area (Å²) in [4.78, 5) is 27.1. The summed E-state index contributed by atoms with van der Waals surface area (Å²) in [6.07, 6.45) is 1.57. The molecule has 2 aromatic carbocycles. The van der Waals surface area contributed by atoms with Gasteiger partial charge in [0.2, 0.25) is 5.76 Å². The minimum absolute atomic E-state index is 0.120. The second kappa shape index (κ2) is 7.43. The van der Waals surface area contributed by atoms with Gasteiger partial charge in [0.15, 0.2) is 12.4 Å². The number of aryl methyl sites for hydroxylation is 1. The third-order valence-corrected chi connectivity index (χ3v) is 6.16. The van der Waals surface area contributed by atoms with E-state index in [9.17, 15) is 9.59 Å². The van der Waals surface area contributed by atoms with Crippen LogP contribution in [0.25, 0.3) is 11.0 Å². The number of ether oxygens (including phenoxy) is 1. The Bertz CT molecular complexity index is 1210. The first kappa shape index (κ1) is 20.4. The van der Waals surface area contributed by atoms with Gasteiger partial charge in [-0.05, 0) is 36.8 Å². The van der Waals surface area contributed by atoms with Crippen LogP contribution in [0.5, 0.6) is 0 Å². The molecule has 0 amide bonds. The Morgan fingerprint density at radius 1 is 1.20 bits per heavy atom. The molecule has 0 atom stereocenters. The first-order chi connectivity index (χ1) is 14.2. The predicted octanol–water partition coefficient (Wildman–Crippen LogP) is 5.54. The summed E-state index contributed by atoms with van der Waals surface area (Å²) in [5.74, 6) is -0.800. The number of carbonyl (C=O) groups excluding carboxylic acids is 2. The molecule has 6 heteroatoms. The summed E-state index contributed by atoms with van der Waals surface area (Å²) < 4.78 is 11.8. The molecular weight excluding hydrogens is 446 g/mol. The summed E-state index contributed by atoms with van der Waals surface area (Å²) in [5, 5.41) is 0.830. The summed E-state index contributed by atoms with van der Waals surface area (Å²) >= 11 is 3.42. The smallest absolute Gasteiger partial charge is 0.375 e. The monoisotopic (exact) mass is 467 g/mol. The van der Waals surface area contributed by atoms with Crippen molar-refractivity contribution in [3.8, 4) is 0 Å². The molecule has 5 nitrogen and oxygen atoms in total. The van der Waals surface area contributed by atoms with Crippen LogP contribution in [0.4, 0.5) is 5.69 Å². The molecule has 0 radical (unpaired) electrons. The van der Waals surface area contributed by atoms with Crippen molar-refractivity contribution in [3.63, 3.8) is 0 Å². The van der Waals surface area contributed by atoms with Gasteiger partial charge < -0.3 is 14.1 Å². The van der Waals surface area contributed by atoms with E-state index >= 15 is 0 Å². The van der Waals surface area contributed by atoms with E-state index in [4.69, 9.17) is 9.15 Å². The number of halogens is 1. The lowest BCUT2D eigenvalue weighted by atomic mass is 9.83. The Labute approximate surface area is 183 Å². The van der Waals surface area contributed by atoms with Gasteiger partial charge in [0.25, 0.3) is 0 Å². The van der Waals surface area contributed by atoms with E-state index in [0.29, 0.717) is 11.1 Å². The van der Waals surface area contributed by atoms with Crippen LogP contribution >= 0.6 is 15.9 Å². The van der Waals surface area contributed by atoms with Crippen molar-refractivity contribution >= 4 is 44.3 Å². The van der Waals surface area contributed by atoms with Crippen LogP contribution in [0, 0.1) is 6.92 Å². The zero-order chi connectivity index (χ0) is 21.6. The van der Waals surface area contributed by atoms with Gasteiger partial charge in [-0.15, -0.1) is 0 Å². The Kier molecular flexibility index (Phi) is 5.06. The maximum Gasteiger partial charge on any atom is 0.375 e. The molecule has 1 aliphatic rings. The number of anilines is 1. The van der Waals surface area contributed by atoms with Crippen molar-refractivity contribution in [1.29, 1.82) is 0 Å². The molecule has 2 heterocycles. The lowest BCUT2D eigenvalue weighted by molar-refractivity contribution is -0.117. The Morgan fingerprint density at radius 2 is 1.93 bits per heavy atom. The first-order valence-electron chi connectivity index (χ1n) is 9.64. The van der Waals surface area contributed by atoms with Crippen molar-refractivity contribution in [2.24, 2.45) is 0 Å². The van der Waals surface area contributed by atoms with Crippen molar-refractivity contribution in [2.75, 3.05) is 18.6 Å². The van der Waals surface area contributed by atoms with Crippen LogP contribution < -0.4 is 4.90 Å². The highest BCUT2D eigenvalue weighted by molar-refractivity contribution is 9.10. The van der Waals surface area contributed by atoms with E-state index < -0.39 is 5.97 Å². The number of para-hydroxylation sites is 1. The van der Waals surface area contributed by atoms with Gasteiger partial charge in [0.05, 0.1) is 0 Å². The van der Waals surface area contributed by atoms with Crippen molar-refractivity contribution < 1.29 is 18.7 Å². The molecule has 0 spiro atoms. The number of hydrogen-bond donors (Lipinski definition) is 0. The first-order valence-corrected chi connectivity index (χ1v) is 10.4. The predicted molar refractivity (Wildman–Crippen MR) is 120 cm³/mol. The van der Waals surface area contributed by atoms with Gasteiger partial charge in [-0.1, -0.05) is 48.0 Å². The lowest BCUT2D eigenvalue weighted by Crippen LogP contribution is -2.25. The average molecular weight is 468 g/mol. The molecule has 1 aliphatic heterocycles. The minimum atomic E-state index is -0.645. The second-order valence-electron chi connectivity index (χ2n) is 7.97. The number of carbonyl (C=O) groups is 2. The Hall–Kier alpha value is -2.86. The summed E-state index contributed by atoms with van der Waals surface area (Å²) in [5.41, 5.74) is 4.08. The molecule has 0 fully saturated rings. The van der Waals surface area contributed by atoms with Crippen molar-refractivity contribution in [1.82, 2.24) is 0 Å². The fourth-order valence-electron chi connectivity index (χ4n) is 4.04. The molecular formula is C24H22BrNO4. The van der Waals surface area contributed by atoms with Gasteiger partial charge in [-0.25, -0.2) is 4.79 Å². The van der Waals surface area contributed by atoms with Crippen LogP contribution in [-0.2, 0) is 14.9 Å². The highest BCUT2D eigenvalue weighted by atomic mass is 79.9. The van der Waals surface area contributed by atoms with Crippen LogP contribution in [0.2, 0.25) is 0 Å². The largest absolute Gasteiger partial charge is 0.451 e. The number of ketones is 1. The molecule has 0 N–H and O–H groups in total. The van der Waals surface area contributed by atoms with Gasteiger partial charge >= 0.3 is 5.97 Å². The zero-order valence-electron chi connectivity index (χ0n) is 17.3. The molecule has 4 rings (SSSR count). The number of likely N-dealkylation sites (N-methyl/N-ethyl adjacent to an activating group) is 1. The highest BCUT2D eigenvalue weighted by Gasteiger charge is 2.38. The average Bonchev–Trinajstić information content (AvgIpc) is 3.14. The fourth-order valence-corrected chi connectivity index (χ4v) is 4.40. The molecule has 0 saturated carbocycles. The maximum atomic E-state index is 12.6. The number of fused-ring (bicyclic) bond motifs is 2. The standard InChI is InChI=1S/C24H22BrNO4/c1-14-17-11-15(25)9-10-20(17)30-22(14)23(28)29-13-16(27)12-21-24(2,3)18-7-5-6-8-19(18)26(21)4/h5-12H,13H2,1-4H3/b21-12+. The molecule has 3 aromatic rings. The minimum Gasteiger partial charge on any atom is -0.451 e. The quantitative estimate of drug-likeness (QED) is 0.372. The van der Waals surface area contributed by atoms with E-state index in [2.05, 4.69) is 35.8 Å². The number of nitrogens with zero attached hydrogens (tertiary/aromatic N) is 1. The third-order valence-electron chi connectivity index (χ3n) is 5.67. The molecule has 0 bridgehead atoms. The van der Waals surface area contributed by atoms with Crippen LogP contribution in [0.3, 0.4) is 0 Å². The van der Waals surface area contributed by atoms with Gasteiger partial charge in [0, 0.05) is 45.3 Å². The molecule has 0 aliphatic carbocycles. The maximum absolute atomic E-state index is 12.6. The highest BCUT2D eigenvalue weighted by Crippen LogP contribution is 2.46. The van der Waals surface area contributed by atoms with Crippen molar-refractivity contribution in [2.45, 2.75) is 26.2 Å². The zero-order valence-corrected chi connectivity index (χ0v) is 18.9. The van der Waals surface area contributed by atoms with E-state index in [1.54, 1.807) is 19.1 Å². The Morgan fingerprint density at radius 3 is 2.67 bits per heavy atom. The van der Waals surface area contributed by atoms with E-state index in [1.807, 2.05) is 42.3 Å². The number of hydrogen-bond acceptors (Lipinski definition) is 5. The molecule has 154 valence electrons. The third kappa shape index (κ3) is 3.35. The molecule has 1 aromatic heterocycles. The van der Waals surface area contributed by atoms with Crippen LogP contribution in [0.1, 0.15) is 35.5 Å². The Balaban J connectivity index is 1.50. The molecule has 30 heavy (non-hydrogen) atoms. The van der Waals surface area contributed by atoms with Gasteiger partial charge in [-0.3, -0.25) is 4.79 Å². The topological polar surface area (TPSA) is 59.8 Å². The summed E-state index contributed by atoms with van der Waals surface area (Å²) in [7, 11) is 1.94. The number of allylic oxidation sites excluding steroid dienone is 1. The lowest BCUT2D eigenvalue weighted by Gasteiger charge is -2.23. The van der Waals surface area contributed by atoms with E-state index in [0.717, 1.165) is 26.8 Å². The second-order valence-corrected chi connectivity index (χ2v) is 8.89. The van der Waals surface area contributed by atoms with Gasteiger partial charge in [0.1, 0.15) is 5.58 Å². The van der Waals surface area contributed by atoms with E-state index in [1.165, 1.54) is 0 Å². The van der Waals surface area contributed by atoms with Gasteiger partial charge in [-0.2, -0.15) is 0 Å². The van der Waals surface area contributed by atoms with Crippen molar-refractivity contribution in [3.05, 3.63) is 75.6 Å². The van der Waals surface area contributed by atoms with Crippen LogP contribution in [0.15, 0.2) is 63.1 Å². The number of rotatable bonds is 4. The SMILES string of the molecule is Cc1c(C(=O)OCC(=O)/C=C2/N(C)c3ccccc3C2(C)C)oc2ccc(Br)cc12. The number of esters is 1. The number of benzene rings is 2. The summed E-state index contributed by atoms with van der Waals surface area (Å²) in [6.45, 7) is 5.61.